The Morgan fingerprint density at radius 1 is 1.12 bits per heavy atom. The molecule has 1 aliphatic carbocycles. The van der Waals surface area contributed by atoms with Crippen LogP contribution in [0, 0.1) is 5.92 Å². The van der Waals surface area contributed by atoms with Crippen molar-refractivity contribution >= 4 is 29.4 Å². The van der Waals surface area contributed by atoms with Crippen LogP contribution in [-0.2, 0) is 14.3 Å². The monoisotopic (exact) mass is 473 g/mol. The maximum absolute atomic E-state index is 13.0. The average Bonchev–Trinajstić information content (AvgIpc) is 3.54. The minimum Gasteiger partial charge on any atom is -0.444 e. The Labute approximate surface area is 202 Å². The van der Waals surface area contributed by atoms with E-state index in [9.17, 15) is 14.4 Å². The molecule has 188 valence electrons. The molecule has 1 aromatic rings. The third-order valence-electron chi connectivity index (χ3n) is 5.98. The molecule has 1 saturated heterocycles. The van der Waals surface area contributed by atoms with Crippen molar-refractivity contribution in [1.82, 2.24) is 14.8 Å². The molecule has 2 fully saturated rings. The molecule has 0 unspecified atom stereocenters. The summed E-state index contributed by atoms with van der Waals surface area (Å²) >= 11 is 0. The third kappa shape index (κ3) is 6.91. The van der Waals surface area contributed by atoms with Crippen LogP contribution in [0.25, 0.3) is 0 Å². The fourth-order valence-electron chi connectivity index (χ4n) is 4.28. The Morgan fingerprint density at radius 2 is 1.79 bits per heavy atom. The van der Waals surface area contributed by atoms with Gasteiger partial charge in [-0.05, 0) is 65.4 Å². The van der Waals surface area contributed by atoms with E-state index >= 15 is 0 Å². The highest BCUT2D eigenvalue weighted by Crippen LogP contribution is 2.43. The van der Waals surface area contributed by atoms with Crippen LogP contribution in [0.1, 0.15) is 72.8 Å². The van der Waals surface area contributed by atoms with Gasteiger partial charge in [-0.25, -0.2) is 9.78 Å². The maximum Gasteiger partial charge on any atom is 0.413 e. The second kappa shape index (κ2) is 10.3. The van der Waals surface area contributed by atoms with Crippen LogP contribution < -0.4 is 10.6 Å². The molecule has 0 bridgehead atoms. The number of hydrogen-bond donors (Lipinski definition) is 2. The second-order valence-electron chi connectivity index (χ2n) is 11.0. The number of nitrogens with one attached hydrogen (secondary N) is 2. The summed E-state index contributed by atoms with van der Waals surface area (Å²) in [6.45, 7) is 16.1. The molecule has 0 spiro atoms. The summed E-state index contributed by atoms with van der Waals surface area (Å²) in [6, 6.07) is 1.93. The lowest BCUT2D eigenvalue weighted by atomic mass is 10.1. The van der Waals surface area contributed by atoms with Crippen LogP contribution in [0.2, 0.25) is 0 Å². The summed E-state index contributed by atoms with van der Waals surface area (Å²) in [5.41, 5.74) is 0.655. The van der Waals surface area contributed by atoms with Crippen LogP contribution in [0.5, 0.6) is 0 Å². The predicted octanol–water partition coefficient (Wildman–Crippen LogP) is 3.82. The Hall–Kier alpha value is -2.68. The van der Waals surface area contributed by atoms with Gasteiger partial charge in [0.05, 0.1) is 11.9 Å². The Kier molecular flexibility index (Phi) is 7.85. The normalized spacial score (nSPS) is 21.4. The first kappa shape index (κ1) is 25.9. The summed E-state index contributed by atoms with van der Waals surface area (Å²) in [7, 11) is 0. The van der Waals surface area contributed by atoms with Crippen molar-refractivity contribution in [1.29, 1.82) is 0 Å². The van der Waals surface area contributed by atoms with Crippen LogP contribution in [0.4, 0.5) is 16.3 Å². The first-order valence-corrected chi connectivity index (χ1v) is 12.2. The SMILES string of the molecule is CC(C)CN1C[C@H](C)N(C(=O)C(=O)Nc2cnc(NC(=O)OC(C)(C)C)c(C3CC3)c2)C[C@H]1C. The molecule has 9 nitrogen and oxygen atoms in total. The average molecular weight is 474 g/mol. The van der Waals surface area contributed by atoms with Crippen molar-refractivity contribution in [3.8, 4) is 0 Å². The fraction of sp³-hybridized carbons (Fsp3) is 0.680. The molecule has 2 atom stereocenters. The molecule has 3 rings (SSSR count). The van der Waals surface area contributed by atoms with Gasteiger partial charge in [0.2, 0.25) is 0 Å². The van der Waals surface area contributed by atoms with E-state index in [0.29, 0.717) is 24.0 Å². The number of aromatic nitrogens is 1. The van der Waals surface area contributed by atoms with Gasteiger partial charge in [0.1, 0.15) is 11.4 Å². The summed E-state index contributed by atoms with van der Waals surface area (Å²) < 4.78 is 5.32. The first-order valence-electron chi connectivity index (χ1n) is 12.2. The zero-order valence-corrected chi connectivity index (χ0v) is 21.5. The van der Waals surface area contributed by atoms with Crippen LogP contribution in [0.3, 0.4) is 0 Å². The van der Waals surface area contributed by atoms with Gasteiger partial charge in [0.15, 0.2) is 0 Å². The van der Waals surface area contributed by atoms with Crippen molar-refractivity contribution in [2.75, 3.05) is 30.3 Å². The lowest BCUT2D eigenvalue weighted by molar-refractivity contribution is -0.147. The molecule has 2 heterocycles. The van der Waals surface area contributed by atoms with Crippen LogP contribution >= 0.6 is 0 Å². The largest absolute Gasteiger partial charge is 0.444 e. The van der Waals surface area contributed by atoms with Gasteiger partial charge in [-0.3, -0.25) is 19.8 Å². The number of pyridine rings is 1. The van der Waals surface area contributed by atoms with E-state index in [1.807, 2.05) is 6.92 Å². The number of anilines is 2. The quantitative estimate of drug-likeness (QED) is 0.630. The number of carbonyl (C=O) groups excluding carboxylic acids is 3. The Balaban J connectivity index is 1.66. The van der Waals surface area contributed by atoms with Crippen molar-refractivity contribution in [2.24, 2.45) is 5.92 Å². The molecule has 1 aromatic heterocycles. The van der Waals surface area contributed by atoms with Crippen LogP contribution in [-0.4, -0.2) is 70.0 Å². The molecule has 1 saturated carbocycles. The number of rotatable bonds is 5. The minimum atomic E-state index is -0.673. The zero-order chi connectivity index (χ0) is 25.2. The standard InChI is InChI=1S/C25H39N5O4/c1-15(2)12-29-13-17(4)30(14-16(29)3)23(32)22(31)27-19-10-20(18-8-9-18)21(26-11-19)28-24(33)34-25(5,6)7/h10-11,15-18H,8-9,12-14H2,1-7H3,(H,27,31)(H,26,28,33)/t16-,17+/m1/s1. The van der Waals surface area contributed by atoms with E-state index in [1.165, 1.54) is 6.20 Å². The number of carbonyl (C=O) groups is 3. The van der Waals surface area contributed by atoms with E-state index in [1.54, 1.807) is 31.7 Å². The summed E-state index contributed by atoms with van der Waals surface area (Å²) in [5.74, 6) is 0.0195. The highest BCUT2D eigenvalue weighted by Gasteiger charge is 2.35. The predicted molar refractivity (Wildman–Crippen MR) is 132 cm³/mol. The van der Waals surface area contributed by atoms with E-state index in [0.717, 1.165) is 31.5 Å². The lowest BCUT2D eigenvalue weighted by Crippen LogP contribution is -2.60. The third-order valence-corrected chi connectivity index (χ3v) is 5.98. The molecule has 34 heavy (non-hydrogen) atoms. The fourth-order valence-corrected chi connectivity index (χ4v) is 4.28. The smallest absolute Gasteiger partial charge is 0.413 e. The second-order valence-corrected chi connectivity index (χ2v) is 11.0. The Morgan fingerprint density at radius 3 is 2.38 bits per heavy atom. The summed E-state index contributed by atoms with van der Waals surface area (Å²) in [4.78, 5) is 46.3. The van der Waals surface area contributed by atoms with Crippen LogP contribution in [0.15, 0.2) is 12.3 Å². The first-order chi connectivity index (χ1) is 15.8. The molecule has 3 amide bonds. The van der Waals surface area contributed by atoms with Crippen molar-refractivity contribution in [3.05, 3.63) is 17.8 Å². The molecular formula is C25H39N5O4. The minimum absolute atomic E-state index is 0.0474. The van der Waals surface area contributed by atoms with Gasteiger partial charge in [-0.1, -0.05) is 13.8 Å². The number of hydrogen-bond acceptors (Lipinski definition) is 6. The van der Waals surface area contributed by atoms with Gasteiger partial charge < -0.3 is 15.0 Å². The van der Waals surface area contributed by atoms with E-state index in [-0.39, 0.29) is 18.0 Å². The van der Waals surface area contributed by atoms with Gasteiger partial charge >= 0.3 is 17.9 Å². The van der Waals surface area contributed by atoms with E-state index in [2.05, 4.69) is 41.3 Å². The van der Waals surface area contributed by atoms with E-state index in [4.69, 9.17) is 4.74 Å². The van der Waals surface area contributed by atoms with Gasteiger partial charge in [-0.15, -0.1) is 0 Å². The Bertz CT molecular complexity index is 922. The number of amides is 3. The zero-order valence-electron chi connectivity index (χ0n) is 21.5. The molecule has 0 radical (unpaired) electrons. The van der Waals surface area contributed by atoms with Crippen molar-refractivity contribution < 1.29 is 19.1 Å². The molecule has 0 aromatic carbocycles. The van der Waals surface area contributed by atoms with E-state index < -0.39 is 23.5 Å². The lowest BCUT2D eigenvalue weighted by Gasteiger charge is -2.44. The molecule has 2 aliphatic rings. The number of ether oxygens (including phenoxy) is 1. The number of nitrogens with zero attached hydrogens (tertiary/aromatic N) is 3. The molecule has 1 aliphatic heterocycles. The number of piperazine rings is 1. The summed E-state index contributed by atoms with van der Waals surface area (Å²) in [6.07, 6.45) is 2.85. The molecular weight excluding hydrogens is 434 g/mol. The van der Waals surface area contributed by atoms with Gasteiger partial charge in [-0.2, -0.15) is 0 Å². The molecule has 9 heteroatoms. The summed E-state index contributed by atoms with van der Waals surface area (Å²) in [5, 5.41) is 5.42. The maximum atomic E-state index is 13.0. The topological polar surface area (TPSA) is 104 Å². The highest BCUT2D eigenvalue weighted by molar-refractivity contribution is 6.39. The van der Waals surface area contributed by atoms with Gasteiger partial charge in [0.25, 0.3) is 0 Å². The van der Waals surface area contributed by atoms with Gasteiger partial charge in [0, 0.05) is 37.3 Å². The van der Waals surface area contributed by atoms with Crippen molar-refractivity contribution in [3.63, 3.8) is 0 Å². The van der Waals surface area contributed by atoms with Crippen molar-refractivity contribution in [2.45, 2.75) is 84.9 Å². The molecule has 2 N–H and O–H groups in total. The highest BCUT2D eigenvalue weighted by atomic mass is 16.6.